The number of rotatable bonds is 7. The van der Waals surface area contributed by atoms with Crippen molar-refractivity contribution in [2.45, 2.75) is 12.7 Å². The molecule has 0 aliphatic heterocycles. The molecule has 150 valence electrons. The third-order valence-corrected chi connectivity index (χ3v) is 5.43. The lowest BCUT2D eigenvalue weighted by atomic mass is 10.2. The van der Waals surface area contributed by atoms with Crippen LogP contribution in [-0.2, 0) is 10.5 Å². The fraction of sp³-hybridized carbons (Fsp3) is 0.125. The summed E-state index contributed by atoms with van der Waals surface area (Å²) in [7, 11) is 0. The van der Waals surface area contributed by atoms with Gasteiger partial charge in [-0.25, -0.2) is 0 Å². The summed E-state index contributed by atoms with van der Waals surface area (Å²) in [5.74, 6) is 2.03. The molecular formula is C24H21N3O2S. The van der Waals surface area contributed by atoms with Crippen LogP contribution in [0.1, 0.15) is 11.1 Å². The molecule has 0 unspecified atom stereocenters. The molecule has 4 rings (SSSR count). The van der Waals surface area contributed by atoms with Crippen molar-refractivity contribution < 1.29 is 9.21 Å². The van der Waals surface area contributed by atoms with Gasteiger partial charge in [0.25, 0.3) is 0 Å². The first-order valence-electron chi connectivity index (χ1n) is 9.60. The summed E-state index contributed by atoms with van der Waals surface area (Å²) in [6, 6.07) is 25.4. The maximum absolute atomic E-state index is 12.3. The van der Waals surface area contributed by atoms with Crippen molar-refractivity contribution >= 4 is 23.4 Å². The smallest absolute Gasteiger partial charge is 0.248 e. The molecule has 5 nitrogen and oxygen atoms in total. The average Bonchev–Trinajstić information content (AvgIpc) is 3.25. The molecule has 0 spiro atoms. The first-order valence-corrected chi connectivity index (χ1v) is 10.8. The van der Waals surface area contributed by atoms with E-state index >= 15 is 0 Å². The number of nitrogens with one attached hydrogen (secondary N) is 1. The van der Waals surface area contributed by atoms with Crippen LogP contribution < -0.4 is 5.32 Å². The van der Waals surface area contributed by atoms with Gasteiger partial charge in [0.15, 0.2) is 0 Å². The normalized spacial score (nSPS) is 10.7. The number of benzene rings is 3. The van der Waals surface area contributed by atoms with Gasteiger partial charge in [0.1, 0.15) is 0 Å². The number of amides is 1. The van der Waals surface area contributed by atoms with Crippen molar-refractivity contribution in [3.05, 3.63) is 90.0 Å². The molecule has 1 heterocycles. The van der Waals surface area contributed by atoms with E-state index in [1.807, 2.05) is 60.7 Å². The van der Waals surface area contributed by atoms with Crippen LogP contribution >= 0.6 is 11.8 Å². The van der Waals surface area contributed by atoms with E-state index in [9.17, 15) is 4.79 Å². The fourth-order valence-corrected chi connectivity index (χ4v) is 3.80. The molecule has 0 saturated heterocycles. The maximum Gasteiger partial charge on any atom is 0.248 e. The Morgan fingerprint density at radius 3 is 2.43 bits per heavy atom. The lowest BCUT2D eigenvalue weighted by molar-refractivity contribution is -0.113. The molecule has 30 heavy (non-hydrogen) atoms. The van der Waals surface area contributed by atoms with Gasteiger partial charge in [-0.1, -0.05) is 54.1 Å². The van der Waals surface area contributed by atoms with Crippen molar-refractivity contribution in [2.24, 2.45) is 0 Å². The number of carbonyl (C=O) groups is 1. The fourth-order valence-electron chi connectivity index (χ4n) is 3.03. The van der Waals surface area contributed by atoms with E-state index in [2.05, 4.69) is 40.6 Å². The largest absolute Gasteiger partial charge is 0.416 e. The number of thioether (sulfide) groups is 1. The van der Waals surface area contributed by atoms with Gasteiger partial charge >= 0.3 is 0 Å². The standard InChI is InChI=1S/C24H21N3O2S/c1-17-7-5-8-18(13-17)15-30-16-22(28)25-21-12-6-11-20(14-21)24-27-26-23(29-24)19-9-3-2-4-10-19/h2-14H,15-16H2,1H3,(H,25,28). The van der Waals surface area contributed by atoms with Crippen molar-refractivity contribution in [3.63, 3.8) is 0 Å². The highest BCUT2D eigenvalue weighted by molar-refractivity contribution is 7.99. The Kier molecular flexibility index (Phi) is 6.25. The highest BCUT2D eigenvalue weighted by Crippen LogP contribution is 2.25. The monoisotopic (exact) mass is 415 g/mol. The van der Waals surface area contributed by atoms with Crippen LogP contribution in [0.15, 0.2) is 83.3 Å². The van der Waals surface area contributed by atoms with Gasteiger partial charge in [0, 0.05) is 22.6 Å². The van der Waals surface area contributed by atoms with Crippen LogP contribution in [0, 0.1) is 6.92 Å². The quantitative estimate of drug-likeness (QED) is 0.426. The van der Waals surface area contributed by atoms with Gasteiger partial charge in [0.2, 0.25) is 17.7 Å². The molecule has 6 heteroatoms. The summed E-state index contributed by atoms with van der Waals surface area (Å²) in [6.07, 6.45) is 0. The molecule has 0 aliphatic carbocycles. The molecule has 3 aromatic carbocycles. The molecular weight excluding hydrogens is 394 g/mol. The van der Waals surface area contributed by atoms with Crippen LogP contribution in [0.2, 0.25) is 0 Å². The van der Waals surface area contributed by atoms with Crippen LogP contribution in [0.25, 0.3) is 22.9 Å². The van der Waals surface area contributed by atoms with Crippen LogP contribution in [0.3, 0.4) is 0 Å². The Bertz CT molecular complexity index is 1140. The zero-order valence-electron chi connectivity index (χ0n) is 16.5. The number of nitrogens with zero attached hydrogens (tertiary/aromatic N) is 2. The van der Waals surface area contributed by atoms with Crippen LogP contribution in [0.4, 0.5) is 5.69 Å². The molecule has 1 N–H and O–H groups in total. The summed E-state index contributed by atoms with van der Waals surface area (Å²) >= 11 is 1.59. The van der Waals surface area contributed by atoms with E-state index in [0.717, 1.165) is 16.9 Å². The van der Waals surface area contributed by atoms with E-state index in [0.29, 0.717) is 23.2 Å². The van der Waals surface area contributed by atoms with Gasteiger partial charge in [-0.05, 0) is 42.8 Å². The SMILES string of the molecule is Cc1cccc(CSCC(=O)Nc2cccc(-c3nnc(-c4ccccc4)o3)c2)c1. The second kappa shape index (κ2) is 9.41. The van der Waals surface area contributed by atoms with Gasteiger partial charge < -0.3 is 9.73 Å². The minimum atomic E-state index is -0.0414. The highest BCUT2D eigenvalue weighted by Gasteiger charge is 2.11. The summed E-state index contributed by atoms with van der Waals surface area (Å²) < 4.78 is 5.80. The van der Waals surface area contributed by atoms with E-state index in [1.165, 1.54) is 11.1 Å². The summed E-state index contributed by atoms with van der Waals surface area (Å²) in [6.45, 7) is 2.07. The predicted molar refractivity (Wildman–Crippen MR) is 121 cm³/mol. The zero-order chi connectivity index (χ0) is 20.8. The number of anilines is 1. The minimum absolute atomic E-state index is 0.0414. The molecule has 0 fully saturated rings. The third kappa shape index (κ3) is 5.15. The maximum atomic E-state index is 12.3. The zero-order valence-corrected chi connectivity index (χ0v) is 17.4. The highest BCUT2D eigenvalue weighted by atomic mass is 32.2. The van der Waals surface area contributed by atoms with E-state index in [-0.39, 0.29) is 5.91 Å². The summed E-state index contributed by atoms with van der Waals surface area (Å²) in [5, 5.41) is 11.2. The van der Waals surface area contributed by atoms with E-state index in [1.54, 1.807) is 11.8 Å². The summed E-state index contributed by atoms with van der Waals surface area (Å²) in [5.41, 5.74) is 4.78. The van der Waals surface area contributed by atoms with Crippen molar-refractivity contribution in [2.75, 3.05) is 11.1 Å². The van der Waals surface area contributed by atoms with Gasteiger partial charge in [-0.3, -0.25) is 4.79 Å². The topological polar surface area (TPSA) is 68.0 Å². The molecule has 4 aromatic rings. The molecule has 1 amide bonds. The average molecular weight is 416 g/mol. The minimum Gasteiger partial charge on any atom is -0.416 e. The molecule has 0 saturated carbocycles. The van der Waals surface area contributed by atoms with Crippen LogP contribution in [-0.4, -0.2) is 21.9 Å². The first-order chi connectivity index (χ1) is 14.7. The van der Waals surface area contributed by atoms with E-state index in [4.69, 9.17) is 4.42 Å². The lowest BCUT2D eigenvalue weighted by Crippen LogP contribution is -2.14. The predicted octanol–water partition coefficient (Wildman–Crippen LogP) is 5.58. The Labute approximate surface area is 179 Å². The molecule has 0 radical (unpaired) electrons. The molecule has 0 aliphatic rings. The molecule has 1 aromatic heterocycles. The van der Waals surface area contributed by atoms with Crippen molar-refractivity contribution in [3.8, 4) is 22.9 Å². The Morgan fingerprint density at radius 1 is 0.900 bits per heavy atom. The number of aromatic nitrogens is 2. The summed E-state index contributed by atoms with van der Waals surface area (Å²) in [4.78, 5) is 12.3. The number of aryl methyl sites for hydroxylation is 1. The Hall–Kier alpha value is -3.38. The second-order valence-electron chi connectivity index (χ2n) is 6.89. The van der Waals surface area contributed by atoms with Crippen LogP contribution in [0.5, 0.6) is 0 Å². The van der Waals surface area contributed by atoms with Crippen molar-refractivity contribution in [1.82, 2.24) is 10.2 Å². The van der Waals surface area contributed by atoms with Gasteiger partial charge in [-0.2, -0.15) is 0 Å². The molecule has 0 bridgehead atoms. The molecule has 0 atom stereocenters. The third-order valence-electron chi connectivity index (χ3n) is 4.42. The van der Waals surface area contributed by atoms with E-state index < -0.39 is 0 Å². The second-order valence-corrected chi connectivity index (χ2v) is 7.87. The first kappa shape index (κ1) is 19.9. The number of carbonyl (C=O) groups excluding carboxylic acids is 1. The van der Waals surface area contributed by atoms with Gasteiger partial charge in [-0.15, -0.1) is 22.0 Å². The Morgan fingerprint density at radius 2 is 1.63 bits per heavy atom. The van der Waals surface area contributed by atoms with Crippen molar-refractivity contribution in [1.29, 1.82) is 0 Å². The van der Waals surface area contributed by atoms with Gasteiger partial charge in [0.05, 0.1) is 5.75 Å². The number of hydrogen-bond donors (Lipinski definition) is 1. The lowest BCUT2D eigenvalue weighted by Gasteiger charge is -2.07. The number of hydrogen-bond acceptors (Lipinski definition) is 5. The Balaban J connectivity index is 1.36.